The van der Waals surface area contributed by atoms with E-state index in [1.807, 2.05) is 6.07 Å². The molecule has 0 saturated heterocycles. The van der Waals surface area contributed by atoms with Crippen molar-refractivity contribution in [2.24, 2.45) is 11.3 Å². The van der Waals surface area contributed by atoms with Crippen LogP contribution in [-0.2, 0) is 0 Å². The van der Waals surface area contributed by atoms with Crippen molar-refractivity contribution < 1.29 is 4.92 Å². The lowest BCUT2D eigenvalue weighted by Crippen LogP contribution is -2.35. The summed E-state index contributed by atoms with van der Waals surface area (Å²) in [7, 11) is 0. The molecule has 0 aliphatic heterocycles. The highest BCUT2D eigenvalue weighted by atomic mass is 16.6. The van der Waals surface area contributed by atoms with Crippen LogP contribution in [0.2, 0.25) is 0 Å². The number of hydrogen-bond acceptors (Lipinski definition) is 4. The van der Waals surface area contributed by atoms with Gasteiger partial charge in [-0.1, -0.05) is 20.8 Å². The van der Waals surface area contributed by atoms with Gasteiger partial charge in [-0.05, 0) is 42.7 Å². The third-order valence-corrected chi connectivity index (χ3v) is 4.07. The highest BCUT2D eigenvalue weighted by molar-refractivity contribution is 5.64. The van der Waals surface area contributed by atoms with Crippen molar-refractivity contribution in [1.82, 2.24) is 0 Å². The zero-order valence-electron chi connectivity index (χ0n) is 12.7. The summed E-state index contributed by atoms with van der Waals surface area (Å²) in [5, 5.41) is 23.4. The number of hydrogen-bond donors (Lipinski definition) is 1. The first-order valence-electron chi connectivity index (χ1n) is 7.26. The topological polar surface area (TPSA) is 79.0 Å². The number of nitrogens with zero attached hydrogens (tertiary/aromatic N) is 2. The van der Waals surface area contributed by atoms with Crippen LogP contribution in [0.4, 0.5) is 11.4 Å². The van der Waals surface area contributed by atoms with Gasteiger partial charge in [-0.3, -0.25) is 10.1 Å². The van der Waals surface area contributed by atoms with E-state index < -0.39 is 4.92 Å². The molecule has 1 aliphatic rings. The van der Waals surface area contributed by atoms with Gasteiger partial charge in [-0.15, -0.1) is 0 Å². The number of nitrogens with one attached hydrogen (secondary N) is 1. The molecule has 1 N–H and O–H groups in total. The average Bonchev–Trinajstić information content (AvgIpc) is 2.36. The standard InChI is InChI=1S/C16H21N3O2/c1-11-6-13(9-16(2,3)8-11)18-14-5-4-12(10-17)7-15(14)19(20)21/h4-5,7,11,13,18H,6,8-9H2,1-3H3/t11-,13-/m1/s1. The third-order valence-electron chi connectivity index (χ3n) is 4.07. The minimum Gasteiger partial charge on any atom is -0.377 e. The largest absolute Gasteiger partial charge is 0.377 e. The van der Waals surface area contributed by atoms with Crippen LogP contribution in [0.15, 0.2) is 18.2 Å². The van der Waals surface area contributed by atoms with Crippen molar-refractivity contribution in [2.75, 3.05) is 5.32 Å². The molecular formula is C16H21N3O2. The predicted octanol–water partition coefficient (Wildman–Crippen LogP) is 4.09. The minimum atomic E-state index is -0.430. The van der Waals surface area contributed by atoms with Gasteiger partial charge in [0.15, 0.2) is 0 Å². The van der Waals surface area contributed by atoms with E-state index in [0.29, 0.717) is 17.2 Å². The Hall–Kier alpha value is -2.09. The van der Waals surface area contributed by atoms with E-state index >= 15 is 0 Å². The summed E-state index contributed by atoms with van der Waals surface area (Å²) in [6, 6.07) is 6.77. The van der Waals surface area contributed by atoms with E-state index in [1.165, 1.54) is 12.5 Å². The Morgan fingerprint density at radius 2 is 2.14 bits per heavy atom. The van der Waals surface area contributed by atoms with Gasteiger partial charge in [-0.2, -0.15) is 5.26 Å². The third kappa shape index (κ3) is 3.72. The number of rotatable bonds is 3. The Kier molecular flexibility index (Phi) is 4.17. The second-order valence-electron chi connectivity index (χ2n) is 6.86. The van der Waals surface area contributed by atoms with Crippen LogP contribution >= 0.6 is 0 Å². The second kappa shape index (κ2) is 5.72. The van der Waals surface area contributed by atoms with Crippen LogP contribution in [-0.4, -0.2) is 11.0 Å². The smallest absolute Gasteiger partial charge is 0.293 e. The molecule has 0 unspecified atom stereocenters. The van der Waals surface area contributed by atoms with Gasteiger partial charge >= 0.3 is 0 Å². The van der Waals surface area contributed by atoms with Crippen LogP contribution in [0.3, 0.4) is 0 Å². The molecule has 5 heteroatoms. The first kappa shape index (κ1) is 15.3. The summed E-state index contributed by atoms with van der Waals surface area (Å²) in [5.41, 5.74) is 1.04. The van der Waals surface area contributed by atoms with Crippen LogP contribution in [0, 0.1) is 32.8 Å². The minimum absolute atomic E-state index is 0.0231. The van der Waals surface area contributed by atoms with E-state index in [2.05, 4.69) is 26.1 Å². The molecule has 0 heterocycles. The summed E-state index contributed by atoms with van der Waals surface area (Å²) in [6.45, 7) is 6.71. The zero-order chi connectivity index (χ0) is 15.6. The summed E-state index contributed by atoms with van der Waals surface area (Å²) in [5.74, 6) is 0.601. The Bertz CT molecular complexity index is 590. The van der Waals surface area contributed by atoms with Gasteiger partial charge < -0.3 is 5.32 Å². The van der Waals surface area contributed by atoms with E-state index in [4.69, 9.17) is 5.26 Å². The van der Waals surface area contributed by atoms with Gasteiger partial charge in [0, 0.05) is 12.1 Å². The summed E-state index contributed by atoms with van der Waals surface area (Å²) in [4.78, 5) is 10.7. The van der Waals surface area contributed by atoms with Crippen LogP contribution in [0.1, 0.15) is 45.6 Å². The maximum absolute atomic E-state index is 11.2. The fourth-order valence-electron chi connectivity index (χ4n) is 3.55. The number of nitriles is 1. The van der Waals surface area contributed by atoms with E-state index in [9.17, 15) is 10.1 Å². The normalized spacial score (nSPS) is 24.1. The summed E-state index contributed by atoms with van der Waals surface area (Å²) < 4.78 is 0. The van der Waals surface area contributed by atoms with E-state index in [-0.39, 0.29) is 17.1 Å². The molecule has 1 aromatic rings. The van der Waals surface area contributed by atoms with Crippen molar-refractivity contribution in [1.29, 1.82) is 5.26 Å². The molecule has 1 fully saturated rings. The van der Waals surface area contributed by atoms with Crippen molar-refractivity contribution in [3.8, 4) is 6.07 Å². The highest BCUT2D eigenvalue weighted by Crippen LogP contribution is 2.40. The van der Waals surface area contributed by atoms with Gasteiger partial charge in [0.1, 0.15) is 5.69 Å². The first-order chi connectivity index (χ1) is 9.80. The fourth-order valence-corrected chi connectivity index (χ4v) is 3.55. The predicted molar refractivity (Wildman–Crippen MR) is 82.0 cm³/mol. The number of nitro benzene ring substituents is 1. The lowest BCUT2D eigenvalue weighted by atomic mass is 9.70. The lowest BCUT2D eigenvalue weighted by molar-refractivity contribution is -0.384. The molecule has 112 valence electrons. The monoisotopic (exact) mass is 287 g/mol. The van der Waals surface area contributed by atoms with Crippen molar-refractivity contribution >= 4 is 11.4 Å². The Morgan fingerprint density at radius 1 is 1.43 bits per heavy atom. The van der Waals surface area contributed by atoms with Crippen LogP contribution in [0.5, 0.6) is 0 Å². The van der Waals surface area contributed by atoms with Crippen molar-refractivity contribution in [3.63, 3.8) is 0 Å². The number of nitro groups is 1. The molecule has 0 amide bonds. The first-order valence-corrected chi connectivity index (χ1v) is 7.26. The molecule has 21 heavy (non-hydrogen) atoms. The van der Waals surface area contributed by atoms with Crippen molar-refractivity contribution in [3.05, 3.63) is 33.9 Å². The maximum atomic E-state index is 11.2. The molecule has 0 aromatic heterocycles. The van der Waals surface area contributed by atoms with Gasteiger partial charge in [0.2, 0.25) is 0 Å². The molecule has 2 rings (SSSR count). The van der Waals surface area contributed by atoms with E-state index in [1.54, 1.807) is 12.1 Å². The lowest BCUT2D eigenvalue weighted by Gasteiger charge is -2.39. The Morgan fingerprint density at radius 3 is 2.71 bits per heavy atom. The molecule has 1 aliphatic carbocycles. The molecular weight excluding hydrogens is 266 g/mol. The second-order valence-corrected chi connectivity index (χ2v) is 6.86. The molecule has 5 nitrogen and oxygen atoms in total. The summed E-state index contributed by atoms with van der Waals surface area (Å²) >= 11 is 0. The zero-order valence-corrected chi connectivity index (χ0v) is 12.7. The van der Waals surface area contributed by atoms with E-state index in [0.717, 1.165) is 12.8 Å². The van der Waals surface area contributed by atoms with Crippen molar-refractivity contribution in [2.45, 2.75) is 46.1 Å². The fraction of sp³-hybridized carbons (Fsp3) is 0.562. The average molecular weight is 287 g/mol. The van der Waals surface area contributed by atoms with Gasteiger partial charge in [0.25, 0.3) is 5.69 Å². The molecule has 2 atom stereocenters. The molecule has 0 radical (unpaired) electrons. The molecule has 1 aromatic carbocycles. The SMILES string of the molecule is C[C@@H]1C[C@@H](Nc2ccc(C#N)cc2[N+](=O)[O-])CC(C)(C)C1. The summed E-state index contributed by atoms with van der Waals surface area (Å²) in [6.07, 6.45) is 3.19. The molecule has 1 saturated carbocycles. The molecule has 0 bridgehead atoms. The Labute approximate surface area is 125 Å². The number of anilines is 1. The quantitative estimate of drug-likeness (QED) is 0.670. The van der Waals surface area contributed by atoms with Crippen LogP contribution in [0.25, 0.3) is 0 Å². The Balaban J connectivity index is 2.23. The van der Waals surface area contributed by atoms with Crippen LogP contribution < -0.4 is 5.32 Å². The van der Waals surface area contributed by atoms with Gasteiger partial charge in [-0.25, -0.2) is 0 Å². The number of benzene rings is 1. The highest BCUT2D eigenvalue weighted by Gasteiger charge is 2.32. The molecule has 0 spiro atoms. The van der Waals surface area contributed by atoms with Gasteiger partial charge in [0.05, 0.1) is 16.6 Å². The maximum Gasteiger partial charge on any atom is 0.293 e.